The Bertz CT molecular complexity index is 3530. The minimum Gasteiger partial charge on any atom is -0.456 e. The molecule has 57 heavy (non-hydrogen) atoms. The average molecular weight is 728 g/mol. The molecule has 0 spiro atoms. The van der Waals surface area contributed by atoms with Gasteiger partial charge in [-0.25, -0.2) is 0 Å². The van der Waals surface area contributed by atoms with Crippen LogP contribution in [0.25, 0.3) is 98.4 Å². The highest BCUT2D eigenvalue weighted by atomic mass is 16.3. The molecule has 3 nitrogen and oxygen atoms in total. The molecule has 0 aliphatic heterocycles. The summed E-state index contributed by atoms with van der Waals surface area (Å²) in [5.41, 5.74) is 11.3. The zero-order valence-corrected chi connectivity index (χ0v) is 30.8. The van der Waals surface area contributed by atoms with Gasteiger partial charge in [-0.05, 0) is 110 Å². The number of rotatable bonds is 5. The summed E-state index contributed by atoms with van der Waals surface area (Å²) in [4.78, 5) is 2.37. The normalized spacial score (nSPS) is 11.9. The molecule has 0 bridgehead atoms. The Hall–Kier alpha value is -7.62. The van der Waals surface area contributed by atoms with Crippen molar-refractivity contribution in [2.75, 3.05) is 4.90 Å². The van der Waals surface area contributed by atoms with Gasteiger partial charge in [0.2, 0.25) is 0 Å². The van der Waals surface area contributed by atoms with Crippen molar-refractivity contribution >= 4 is 93.3 Å². The van der Waals surface area contributed by atoms with Crippen molar-refractivity contribution < 1.29 is 8.83 Å². The molecule has 12 aromatic rings. The van der Waals surface area contributed by atoms with Gasteiger partial charge in [0.1, 0.15) is 22.3 Å². The molecule has 0 fully saturated rings. The van der Waals surface area contributed by atoms with Crippen molar-refractivity contribution in [1.82, 2.24) is 0 Å². The highest BCUT2D eigenvalue weighted by molar-refractivity contribution is 6.19. The maximum Gasteiger partial charge on any atom is 0.143 e. The van der Waals surface area contributed by atoms with Gasteiger partial charge in [0.15, 0.2) is 0 Å². The lowest BCUT2D eigenvalue weighted by Crippen LogP contribution is -2.10. The van der Waals surface area contributed by atoms with Crippen LogP contribution in [0.15, 0.2) is 209 Å². The zero-order chi connectivity index (χ0) is 37.5. The summed E-state index contributed by atoms with van der Waals surface area (Å²) in [6.45, 7) is 0. The number of hydrogen-bond donors (Lipinski definition) is 0. The molecule has 0 saturated carbocycles. The van der Waals surface area contributed by atoms with Crippen LogP contribution in [0.3, 0.4) is 0 Å². The van der Waals surface area contributed by atoms with Gasteiger partial charge in [-0.1, -0.05) is 140 Å². The fraction of sp³-hybridized carbons (Fsp3) is 0. The number of anilines is 3. The highest BCUT2D eigenvalue weighted by Crippen LogP contribution is 2.45. The Morgan fingerprint density at radius 2 is 0.947 bits per heavy atom. The molecule has 0 saturated heterocycles. The molecule has 3 heteroatoms. The van der Waals surface area contributed by atoms with E-state index in [-0.39, 0.29) is 0 Å². The first-order valence-electron chi connectivity index (χ1n) is 19.4. The quantitative estimate of drug-likeness (QED) is 0.165. The number of hydrogen-bond acceptors (Lipinski definition) is 3. The Kier molecular flexibility index (Phi) is 6.93. The molecule has 10 aromatic carbocycles. The Balaban J connectivity index is 1.03. The number of furan rings is 2. The van der Waals surface area contributed by atoms with E-state index in [4.69, 9.17) is 8.83 Å². The first kappa shape index (κ1) is 31.7. The molecule has 0 unspecified atom stereocenters. The fourth-order valence-electron chi connectivity index (χ4n) is 8.97. The molecule has 0 aliphatic rings. The van der Waals surface area contributed by atoms with Gasteiger partial charge in [-0.2, -0.15) is 0 Å². The minimum atomic E-state index is 0.858. The summed E-state index contributed by atoms with van der Waals surface area (Å²) in [5.74, 6) is 0. The average Bonchev–Trinajstić information content (AvgIpc) is 3.86. The highest BCUT2D eigenvalue weighted by Gasteiger charge is 2.21. The van der Waals surface area contributed by atoms with Gasteiger partial charge in [0, 0.05) is 32.9 Å². The number of para-hydroxylation sites is 1. The van der Waals surface area contributed by atoms with E-state index < -0.39 is 0 Å². The van der Waals surface area contributed by atoms with Crippen molar-refractivity contribution in [3.05, 3.63) is 200 Å². The summed E-state index contributed by atoms with van der Waals surface area (Å²) >= 11 is 0. The first-order valence-corrected chi connectivity index (χ1v) is 19.4. The third-order valence-electron chi connectivity index (χ3n) is 11.6. The van der Waals surface area contributed by atoms with Crippen LogP contribution in [-0.4, -0.2) is 0 Å². The maximum absolute atomic E-state index is 6.59. The smallest absolute Gasteiger partial charge is 0.143 e. The number of fused-ring (bicyclic) bond motifs is 11. The van der Waals surface area contributed by atoms with Crippen molar-refractivity contribution in [3.8, 4) is 22.3 Å². The molecule has 0 N–H and O–H groups in total. The summed E-state index contributed by atoms with van der Waals surface area (Å²) in [7, 11) is 0. The van der Waals surface area contributed by atoms with Gasteiger partial charge >= 0.3 is 0 Å². The summed E-state index contributed by atoms with van der Waals surface area (Å²) in [5, 5.41) is 11.8. The summed E-state index contributed by atoms with van der Waals surface area (Å²) < 4.78 is 13.0. The standard InChI is InChI=1S/C54H33NO2/c1-3-14-42-35(10-1)22-23-39-32-37(27-30-43(39)42)34-24-28-40(29-25-34)55(48-18-9-21-51-53(48)46-16-5-6-19-49(46)56-51)41-13-7-12-38(33-41)44-17-8-20-50-52(44)47-31-26-36-11-2-4-15-45(36)54(47)57-50/h1-33H. The molecule has 2 aromatic heterocycles. The van der Waals surface area contributed by atoms with E-state index in [1.165, 1.54) is 38.1 Å². The van der Waals surface area contributed by atoms with Crippen LogP contribution in [0.4, 0.5) is 17.1 Å². The van der Waals surface area contributed by atoms with Crippen LogP contribution in [0, 0.1) is 0 Å². The second-order valence-corrected chi connectivity index (χ2v) is 14.8. The SMILES string of the molecule is c1cc(-c2cccc3oc4c5ccccc5ccc4c23)cc(N(c2ccc(-c3ccc4c(ccc5ccccc54)c3)cc2)c2cccc3oc4ccccc4c23)c1. The summed E-state index contributed by atoms with van der Waals surface area (Å²) in [6, 6.07) is 71.6. The lowest BCUT2D eigenvalue weighted by molar-refractivity contribution is 0.669. The van der Waals surface area contributed by atoms with E-state index in [2.05, 4.69) is 193 Å². The van der Waals surface area contributed by atoms with Crippen molar-refractivity contribution in [3.63, 3.8) is 0 Å². The van der Waals surface area contributed by atoms with Crippen molar-refractivity contribution in [2.24, 2.45) is 0 Å². The molecule has 0 aliphatic carbocycles. The topological polar surface area (TPSA) is 29.5 Å². The van der Waals surface area contributed by atoms with Crippen molar-refractivity contribution in [1.29, 1.82) is 0 Å². The predicted molar refractivity (Wildman–Crippen MR) is 239 cm³/mol. The van der Waals surface area contributed by atoms with Crippen LogP contribution in [0.5, 0.6) is 0 Å². The zero-order valence-electron chi connectivity index (χ0n) is 30.8. The predicted octanol–water partition coefficient (Wildman–Crippen LogP) is 15.7. The van der Waals surface area contributed by atoms with E-state index in [0.717, 1.165) is 77.5 Å². The molecule has 0 atom stereocenters. The minimum absolute atomic E-state index is 0.858. The van der Waals surface area contributed by atoms with Gasteiger partial charge in [-0.3, -0.25) is 0 Å². The van der Waals surface area contributed by atoms with E-state index >= 15 is 0 Å². The lowest BCUT2D eigenvalue weighted by atomic mass is 9.97. The van der Waals surface area contributed by atoms with E-state index in [0.29, 0.717) is 0 Å². The monoisotopic (exact) mass is 727 g/mol. The van der Waals surface area contributed by atoms with Gasteiger partial charge in [0.25, 0.3) is 0 Å². The van der Waals surface area contributed by atoms with Gasteiger partial charge < -0.3 is 13.7 Å². The summed E-state index contributed by atoms with van der Waals surface area (Å²) in [6.07, 6.45) is 0. The van der Waals surface area contributed by atoms with E-state index in [1.807, 2.05) is 12.1 Å². The number of benzene rings is 10. The Morgan fingerprint density at radius 1 is 0.316 bits per heavy atom. The third kappa shape index (κ3) is 4.99. The molecular weight excluding hydrogens is 695 g/mol. The largest absolute Gasteiger partial charge is 0.456 e. The molecule has 266 valence electrons. The third-order valence-corrected chi connectivity index (χ3v) is 11.6. The molecule has 2 heterocycles. The molecule has 0 amide bonds. The Labute approximate surface area is 328 Å². The second-order valence-electron chi connectivity index (χ2n) is 14.8. The lowest BCUT2D eigenvalue weighted by Gasteiger charge is -2.27. The maximum atomic E-state index is 6.59. The van der Waals surface area contributed by atoms with Crippen LogP contribution < -0.4 is 4.90 Å². The van der Waals surface area contributed by atoms with Crippen LogP contribution in [0.2, 0.25) is 0 Å². The van der Waals surface area contributed by atoms with Gasteiger partial charge in [-0.15, -0.1) is 0 Å². The van der Waals surface area contributed by atoms with Crippen LogP contribution >= 0.6 is 0 Å². The second kappa shape index (κ2) is 12.5. The van der Waals surface area contributed by atoms with Gasteiger partial charge in [0.05, 0.1) is 11.1 Å². The Morgan fingerprint density at radius 3 is 1.82 bits per heavy atom. The van der Waals surface area contributed by atoms with Crippen LogP contribution in [0.1, 0.15) is 0 Å². The number of nitrogens with zero attached hydrogens (tertiary/aromatic N) is 1. The van der Waals surface area contributed by atoms with Crippen molar-refractivity contribution in [2.45, 2.75) is 0 Å². The first-order chi connectivity index (χ1) is 28.2. The fourth-order valence-corrected chi connectivity index (χ4v) is 8.97. The van der Waals surface area contributed by atoms with Crippen LogP contribution in [-0.2, 0) is 0 Å². The van der Waals surface area contributed by atoms with E-state index in [1.54, 1.807) is 0 Å². The molecule has 0 radical (unpaired) electrons. The molecular formula is C54H33NO2. The molecule has 12 rings (SSSR count). The van der Waals surface area contributed by atoms with E-state index in [9.17, 15) is 0 Å².